The second kappa shape index (κ2) is 9.13. The van der Waals surface area contributed by atoms with Crippen molar-refractivity contribution in [3.05, 3.63) is 59.7 Å². The fourth-order valence-corrected chi connectivity index (χ4v) is 1.87. The van der Waals surface area contributed by atoms with Gasteiger partial charge in [0, 0.05) is 5.56 Å². The van der Waals surface area contributed by atoms with Gasteiger partial charge in [-0.3, -0.25) is 4.79 Å². The van der Waals surface area contributed by atoms with Crippen molar-refractivity contribution in [1.29, 1.82) is 0 Å². The lowest BCUT2D eigenvalue weighted by Crippen LogP contribution is -2.20. The minimum Gasteiger partial charge on any atom is -0.484 e. The molecule has 0 saturated heterocycles. The van der Waals surface area contributed by atoms with Crippen LogP contribution in [0.4, 0.5) is 8.78 Å². The molecule has 4 N–H and O–H groups in total. The third-order valence-corrected chi connectivity index (χ3v) is 3.05. The highest BCUT2D eigenvalue weighted by atomic mass is 19.3. The van der Waals surface area contributed by atoms with Gasteiger partial charge in [0.05, 0.1) is 5.56 Å². The summed E-state index contributed by atoms with van der Waals surface area (Å²) >= 11 is 0. The van der Waals surface area contributed by atoms with Crippen LogP contribution in [-0.2, 0) is 9.63 Å². The molecule has 0 aliphatic rings. The van der Waals surface area contributed by atoms with Crippen LogP contribution in [-0.4, -0.2) is 30.9 Å². The van der Waals surface area contributed by atoms with E-state index in [-0.39, 0.29) is 23.8 Å². The second-order valence-corrected chi connectivity index (χ2v) is 5.04. The van der Waals surface area contributed by atoms with E-state index in [9.17, 15) is 18.4 Å². The smallest absolute Gasteiger partial charge is 0.387 e. The number of amidine groups is 1. The van der Waals surface area contributed by atoms with Crippen molar-refractivity contribution in [2.24, 2.45) is 16.6 Å². The van der Waals surface area contributed by atoms with Gasteiger partial charge in [0.2, 0.25) is 0 Å². The van der Waals surface area contributed by atoms with Crippen LogP contribution in [0.1, 0.15) is 15.9 Å². The van der Waals surface area contributed by atoms with Crippen LogP contribution in [0, 0.1) is 0 Å². The third-order valence-electron chi connectivity index (χ3n) is 3.05. The number of hydrogen-bond acceptors (Lipinski definition) is 6. The third kappa shape index (κ3) is 6.27. The highest BCUT2D eigenvalue weighted by Gasteiger charge is 2.11. The minimum absolute atomic E-state index is 0.0418. The van der Waals surface area contributed by atoms with Gasteiger partial charge in [0.15, 0.2) is 12.4 Å². The lowest BCUT2D eigenvalue weighted by molar-refractivity contribution is -0.119. The molecule has 2 rings (SSSR count). The monoisotopic (exact) mass is 379 g/mol. The highest BCUT2D eigenvalue weighted by Crippen LogP contribution is 2.17. The van der Waals surface area contributed by atoms with Crippen LogP contribution < -0.4 is 20.9 Å². The zero-order valence-electron chi connectivity index (χ0n) is 13.8. The molecule has 0 aliphatic carbocycles. The first-order chi connectivity index (χ1) is 12.8. The molecule has 0 unspecified atom stereocenters. The van der Waals surface area contributed by atoms with Crippen LogP contribution >= 0.6 is 0 Å². The molecule has 27 heavy (non-hydrogen) atoms. The van der Waals surface area contributed by atoms with E-state index in [4.69, 9.17) is 21.0 Å². The first kappa shape index (κ1) is 19.6. The van der Waals surface area contributed by atoms with Crippen LogP contribution in [0.3, 0.4) is 0 Å². The summed E-state index contributed by atoms with van der Waals surface area (Å²) in [6, 6.07) is 11.2. The number of halogens is 2. The van der Waals surface area contributed by atoms with E-state index in [0.29, 0.717) is 11.3 Å². The van der Waals surface area contributed by atoms with E-state index < -0.39 is 18.5 Å². The Morgan fingerprint density at radius 1 is 1.00 bits per heavy atom. The van der Waals surface area contributed by atoms with Gasteiger partial charge < -0.3 is 25.8 Å². The number of oxime groups is 1. The maximum absolute atomic E-state index is 12.2. The summed E-state index contributed by atoms with van der Waals surface area (Å²) in [6.07, 6.45) is 0. The topological polar surface area (TPSA) is 126 Å². The van der Waals surface area contributed by atoms with E-state index in [0.717, 1.165) is 6.07 Å². The van der Waals surface area contributed by atoms with Crippen molar-refractivity contribution in [1.82, 2.24) is 0 Å². The number of carbonyl (C=O) groups is 2. The Morgan fingerprint density at radius 3 is 2.33 bits per heavy atom. The van der Waals surface area contributed by atoms with Gasteiger partial charge in [-0.15, -0.1) is 0 Å². The summed E-state index contributed by atoms with van der Waals surface area (Å²) in [5.74, 6) is -1.43. The first-order valence-corrected chi connectivity index (χ1v) is 7.46. The summed E-state index contributed by atoms with van der Waals surface area (Å²) in [5, 5.41) is 3.51. The normalized spacial score (nSPS) is 11.1. The Labute approximate surface area is 152 Å². The number of ether oxygens (including phenoxy) is 2. The van der Waals surface area contributed by atoms with Crippen LogP contribution in [0.5, 0.6) is 11.5 Å². The standard InChI is InChI=1S/C17H15F2N3O5/c18-17(19)26-13-3-1-2-11(8-13)16(24)27-22-15(21)10-4-6-12(7-5-10)25-9-14(20)23/h1-8,17H,9H2,(H2,20,23)(H2,21,22). The van der Waals surface area contributed by atoms with E-state index in [1.54, 1.807) is 0 Å². The van der Waals surface area contributed by atoms with Crippen molar-refractivity contribution in [3.63, 3.8) is 0 Å². The number of rotatable bonds is 8. The predicted octanol–water partition coefficient (Wildman–Crippen LogP) is 1.63. The number of amides is 1. The van der Waals surface area contributed by atoms with Gasteiger partial charge in [-0.25, -0.2) is 4.79 Å². The van der Waals surface area contributed by atoms with Gasteiger partial charge in [0.1, 0.15) is 11.5 Å². The minimum atomic E-state index is -3.01. The lowest BCUT2D eigenvalue weighted by atomic mass is 10.2. The maximum atomic E-state index is 12.2. The van der Waals surface area contributed by atoms with E-state index in [2.05, 4.69) is 9.89 Å². The van der Waals surface area contributed by atoms with Crippen LogP contribution in [0.25, 0.3) is 0 Å². The van der Waals surface area contributed by atoms with E-state index >= 15 is 0 Å². The summed E-state index contributed by atoms with van der Waals surface area (Å²) in [4.78, 5) is 27.3. The summed E-state index contributed by atoms with van der Waals surface area (Å²) < 4.78 is 33.7. The van der Waals surface area contributed by atoms with Gasteiger partial charge in [0.25, 0.3) is 5.91 Å². The average Bonchev–Trinajstić information content (AvgIpc) is 2.64. The lowest BCUT2D eigenvalue weighted by Gasteiger charge is -2.06. The largest absolute Gasteiger partial charge is 0.484 e. The van der Waals surface area contributed by atoms with E-state index in [1.807, 2.05) is 0 Å². The molecule has 0 atom stereocenters. The second-order valence-electron chi connectivity index (χ2n) is 5.04. The average molecular weight is 379 g/mol. The molecule has 2 aromatic rings. The molecule has 0 heterocycles. The van der Waals surface area contributed by atoms with Crippen LogP contribution in [0.15, 0.2) is 53.7 Å². The SMILES string of the molecule is NC(=O)COc1ccc(/C(N)=N/OC(=O)c2cccc(OC(F)F)c2)cc1. The fraction of sp³-hybridized carbons (Fsp3) is 0.118. The molecular weight excluding hydrogens is 364 g/mol. The first-order valence-electron chi connectivity index (χ1n) is 7.46. The molecule has 0 radical (unpaired) electrons. The number of benzene rings is 2. The number of alkyl halides is 2. The summed E-state index contributed by atoms with van der Waals surface area (Å²) in [5.41, 5.74) is 11.1. The Morgan fingerprint density at radius 2 is 1.70 bits per heavy atom. The van der Waals surface area contributed by atoms with Gasteiger partial charge >= 0.3 is 12.6 Å². The number of carbonyl (C=O) groups excluding carboxylic acids is 2. The van der Waals surface area contributed by atoms with Crippen molar-refractivity contribution < 1.29 is 32.7 Å². The van der Waals surface area contributed by atoms with Crippen LogP contribution in [0.2, 0.25) is 0 Å². The Balaban J connectivity index is 2.00. The predicted molar refractivity (Wildman–Crippen MR) is 90.3 cm³/mol. The quantitative estimate of drug-likeness (QED) is 0.311. The molecule has 10 heteroatoms. The Hall–Kier alpha value is -3.69. The van der Waals surface area contributed by atoms with Crippen molar-refractivity contribution in [3.8, 4) is 11.5 Å². The molecule has 142 valence electrons. The number of nitrogens with two attached hydrogens (primary N) is 2. The number of hydrogen-bond donors (Lipinski definition) is 2. The fourth-order valence-electron chi connectivity index (χ4n) is 1.87. The maximum Gasteiger partial charge on any atom is 0.387 e. The number of primary amides is 1. The molecule has 0 bridgehead atoms. The van der Waals surface area contributed by atoms with Crippen molar-refractivity contribution >= 4 is 17.7 Å². The van der Waals surface area contributed by atoms with Gasteiger partial charge in [-0.2, -0.15) is 8.78 Å². The molecule has 2 aromatic carbocycles. The highest BCUT2D eigenvalue weighted by molar-refractivity contribution is 5.98. The molecule has 0 aliphatic heterocycles. The molecular formula is C17H15F2N3O5. The number of nitrogens with zero attached hydrogens (tertiary/aromatic N) is 1. The van der Waals surface area contributed by atoms with Gasteiger partial charge in [-0.05, 0) is 42.5 Å². The van der Waals surface area contributed by atoms with Gasteiger partial charge in [-0.1, -0.05) is 11.2 Å². The molecule has 8 nitrogen and oxygen atoms in total. The Bertz CT molecular complexity index is 841. The van der Waals surface area contributed by atoms with E-state index in [1.165, 1.54) is 42.5 Å². The molecule has 0 spiro atoms. The summed E-state index contributed by atoms with van der Waals surface area (Å²) in [6.45, 7) is -3.28. The van der Waals surface area contributed by atoms with Crippen molar-refractivity contribution in [2.75, 3.05) is 6.61 Å². The Kier molecular flexibility index (Phi) is 6.64. The molecule has 0 saturated carbocycles. The van der Waals surface area contributed by atoms with Crippen molar-refractivity contribution in [2.45, 2.75) is 6.61 Å². The molecule has 0 aromatic heterocycles. The summed E-state index contributed by atoms with van der Waals surface area (Å²) in [7, 11) is 0. The molecule has 1 amide bonds. The zero-order valence-corrected chi connectivity index (χ0v) is 13.8. The molecule has 0 fully saturated rings. The zero-order chi connectivity index (χ0) is 19.8.